The highest BCUT2D eigenvalue weighted by Crippen LogP contribution is 2.40. The summed E-state index contributed by atoms with van der Waals surface area (Å²) in [4.78, 5) is 12.8. The molecule has 1 heterocycles. The Morgan fingerprint density at radius 1 is 1.12 bits per heavy atom. The Bertz CT molecular complexity index is 757. The van der Waals surface area contributed by atoms with Crippen LogP contribution in [0.3, 0.4) is 0 Å². The third kappa shape index (κ3) is 3.08. The van der Waals surface area contributed by atoms with Gasteiger partial charge in [0.1, 0.15) is 5.75 Å². The Kier molecular flexibility index (Phi) is 4.20. The maximum atomic E-state index is 12.8. The van der Waals surface area contributed by atoms with Crippen LogP contribution in [0.4, 0.5) is 11.4 Å². The van der Waals surface area contributed by atoms with Gasteiger partial charge in [0.15, 0.2) is 11.4 Å². The lowest BCUT2D eigenvalue weighted by molar-refractivity contribution is -0.136. The molecule has 0 saturated heterocycles. The molecule has 24 heavy (non-hydrogen) atoms. The van der Waals surface area contributed by atoms with E-state index >= 15 is 0 Å². The number of benzene rings is 2. The predicted molar refractivity (Wildman–Crippen MR) is 95.9 cm³/mol. The minimum atomic E-state index is -0.903. The number of nitrogens with one attached hydrogen (secondary N) is 1. The maximum Gasteiger partial charge on any atom is 0.197 e. The van der Waals surface area contributed by atoms with Gasteiger partial charge in [0.2, 0.25) is 0 Å². The third-order valence-electron chi connectivity index (χ3n) is 4.35. The number of hydrogen-bond acceptors (Lipinski definition) is 5. The second kappa shape index (κ2) is 6.17. The molecule has 126 valence electrons. The largest absolute Gasteiger partial charge is 0.480 e. The first-order valence-electron chi connectivity index (χ1n) is 8.08. The minimum absolute atomic E-state index is 0.00719. The van der Waals surface area contributed by atoms with E-state index in [1.807, 2.05) is 18.2 Å². The van der Waals surface area contributed by atoms with Crippen LogP contribution < -0.4 is 21.5 Å². The summed E-state index contributed by atoms with van der Waals surface area (Å²) in [6, 6.07) is 13.1. The summed E-state index contributed by atoms with van der Waals surface area (Å²) < 4.78 is 5.84. The zero-order valence-electron chi connectivity index (χ0n) is 14.0. The number of anilines is 2. The van der Waals surface area contributed by atoms with Crippen LogP contribution >= 0.6 is 0 Å². The van der Waals surface area contributed by atoms with E-state index in [1.165, 1.54) is 5.56 Å². The van der Waals surface area contributed by atoms with E-state index in [1.54, 1.807) is 26.0 Å². The Balaban J connectivity index is 1.83. The van der Waals surface area contributed by atoms with Crippen molar-refractivity contribution >= 4 is 17.2 Å². The van der Waals surface area contributed by atoms with Crippen molar-refractivity contribution in [3.05, 3.63) is 53.6 Å². The molecule has 0 amide bonds. The minimum Gasteiger partial charge on any atom is -0.480 e. The lowest BCUT2D eigenvalue weighted by Gasteiger charge is -2.36. The summed E-state index contributed by atoms with van der Waals surface area (Å²) in [6.07, 6.45) is 0.839. The summed E-state index contributed by atoms with van der Waals surface area (Å²) in [5.41, 5.74) is 13.8. The molecule has 1 atom stereocenters. The zero-order chi connectivity index (χ0) is 17.3. The van der Waals surface area contributed by atoms with Crippen LogP contribution in [-0.4, -0.2) is 17.9 Å². The fourth-order valence-corrected chi connectivity index (χ4v) is 2.97. The van der Waals surface area contributed by atoms with E-state index < -0.39 is 11.6 Å². The molecular weight excluding hydrogens is 302 g/mol. The summed E-state index contributed by atoms with van der Waals surface area (Å²) in [5, 5.41) is 3.35. The van der Waals surface area contributed by atoms with Gasteiger partial charge in [0.05, 0.1) is 17.4 Å². The number of rotatable bonds is 4. The smallest absolute Gasteiger partial charge is 0.197 e. The molecule has 0 fully saturated rings. The molecule has 5 nitrogen and oxygen atoms in total. The standard InChI is InChI=1S/C19H23N3O2/c1-19(2)18(23)17(22-9-8-12-6-4-3-5-7-12)13-10-14(20)15(21)11-16(13)24-19/h3-7,10-11,17,22H,8-9,20-21H2,1-2H3. The third-order valence-corrected chi connectivity index (χ3v) is 4.35. The molecule has 1 aliphatic heterocycles. The molecule has 1 aliphatic rings. The molecule has 1 unspecified atom stereocenters. The van der Waals surface area contributed by atoms with E-state index in [2.05, 4.69) is 17.4 Å². The normalized spacial score (nSPS) is 18.8. The monoisotopic (exact) mass is 325 g/mol. The number of ether oxygens (including phenoxy) is 1. The van der Waals surface area contributed by atoms with E-state index in [9.17, 15) is 4.79 Å². The van der Waals surface area contributed by atoms with Crippen LogP contribution in [0, 0.1) is 0 Å². The quantitative estimate of drug-likeness (QED) is 0.751. The van der Waals surface area contributed by atoms with Crippen molar-refractivity contribution < 1.29 is 9.53 Å². The van der Waals surface area contributed by atoms with Crippen LogP contribution in [0.2, 0.25) is 0 Å². The Morgan fingerprint density at radius 3 is 2.50 bits per heavy atom. The molecule has 0 radical (unpaired) electrons. The topological polar surface area (TPSA) is 90.4 Å². The van der Waals surface area contributed by atoms with E-state index in [-0.39, 0.29) is 5.78 Å². The predicted octanol–water partition coefficient (Wildman–Crippen LogP) is 2.46. The fourth-order valence-electron chi connectivity index (χ4n) is 2.97. The molecule has 2 aromatic carbocycles. The van der Waals surface area contributed by atoms with Crippen molar-refractivity contribution in [1.29, 1.82) is 0 Å². The molecule has 5 N–H and O–H groups in total. The van der Waals surface area contributed by atoms with E-state index in [4.69, 9.17) is 16.2 Å². The fraction of sp³-hybridized carbons (Fsp3) is 0.316. The Hall–Kier alpha value is -2.53. The number of Topliss-reactive ketones (excluding diaryl/α,β-unsaturated/α-hetero) is 1. The molecule has 3 rings (SSSR count). The van der Waals surface area contributed by atoms with Crippen molar-refractivity contribution in [1.82, 2.24) is 5.32 Å². The average Bonchev–Trinajstić information content (AvgIpc) is 2.54. The van der Waals surface area contributed by atoms with Gasteiger partial charge >= 0.3 is 0 Å². The number of ketones is 1. The van der Waals surface area contributed by atoms with Gasteiger partial charge < -0.3 is 21.5 Å². The molecule has 0 aliphatic carbocycles. The van der Waals surface area contributed by atoms with Crippen molar-refractivity contribution in [2.75, 3.05) is 18.0 Å². The molecule has 5 heteroatoms. The van der Waals surface area contributed by atoms with Crippen LogP contribution in [0.25, 0.3) is 0 Å². The molecular formula is C19H23N3O2. The molecule has 2 aromatic rings. The van der Waals surface area contributed by atoms with Crippen LogP contribution in [0.15, 0.2) is 42.5 Å². The lowest BCUT2D eigenvalue weighted by Crippen LogP contribution is -2.49. The molecule has 0 saturated carbocycles. The highest BCUT2D eigenvalue weighted by atomic mass is 16.5. The maximum absolute atomic E-state index is 12.8. The van der Waals surface area contributed by atoms with Gasteiger partial charge in [-0.25, -0.2) is 0 Å². The average molecular weight is 325 g/mol. The van der Waals surface area contributed by atoms with Gasteiger partial charge in [0, 0.05) is 18.2 Å². The molecule has 0 aromatic heterocycles. The van der Waals surface area contributed by atoms with Crippen LogP contribution in [0.1, 0.15) is 31.0 Å². The highest BCUT2D eigenvalue weighted by Gasteiger charge is 2.42. The van der Waals surface area contributed by atoms with Gasteiger partial charge in [-0.15, -0.1) is 0 Å². The van der Waals surface area contributed by atoms with Gasteiger partial charge in [-0.1, -0.05) is 30.3 Å². The number of hydrogen-bond donors (Lipinski definition) is 3. The molecule has 0 bridgehead atoms. The highest BCUT2D eigenvalue weighted by molar-refractivity contribution is 5.95. The summed E-state index contributed by atoms with van der Waals surface area (Å²) in [7, 11) is 0. The number of carbonyl (C=O) groups is 1. The number of fused-ring (bicyclic) bond motifs is 1. The SMILES string of the molecule is CC1(C)Oc2cc(N)c(N)cc2C(NCCc2ccccc2)C1=O. The second-order valence-electron chi connectivity index (χ2n) is 6.62. The summed E-state index contributed by atoms with van der Waals surface area (Å²) in [5.74, 6) is 0.607. The van der Waals surface area contributed by atoms with Gasteiger partial charge in [-0.05, 0) is 31.9 Å². The van der Waals surface area contributed by atoms with Gasteiger partial charge in [-0.2, -0.15) is 0 Å². The number of carbonyl (C=O) groups excluding carboxylic acids is 1. The number of nitrogen functional groups attached to an aromatic ring is 2. The van der Waals surface area contributed by atoms with Crippen LogP contribution in [0.5, 0.6) is 5.75 Å². The van der Waals surface area contributed by atoms with Crippen molar-refractivity contribution in [2.24, 2.45) is 0 Å². The number of nitrogens with two attached hydrogens (primary N) is 2. The van der Waals surface area contributed by atoms with Crippen molar-refractivity contribution in [3.63, 3.8) is 0 Å². The first-order valence-corrected chi connectivity index (χ1v) is 8.08. The van der Waals surface area contributed by atoms with E-state index in [0.29, 0.717) is 23.7 Å². The first kappa shape index (κ1) is 16.3. The summed E-state index contributed by atoms with van der Waals surface area (Å²) >= 11 is 0. The first-order chi connectivity index (χ1) is 11.4. The van der Waals surface area contributed by atoms with E-state index in [0.717, 1.165) is 12.0 Å². The zero-order valence-corrected chi connectivity index (χ0v) is 14.0. The Morgan fingerprint density at radius 2 is 1.79 bits per heavy atom. The van der Waals surface area contributed by atoms with Crippen LogP contribution in [-0.2, 0) is 11.2 Å². The molecule has 0 spiro atoms. The van der Waals surface area contributed by atoms with Crippen molar-refractivity contribution in [3.8, 4) is 5.75 Å². The van der Waals surface area contributed by atoms with Crippen molar-refractivity contribution in [2.45, 2.75) is 31.9 Å². The second-order valence-corrected chi connectivity index (χ2v) is 6.62. The Labute approximate surface area is 142 Å². The van der Waals surface area contributed by atoms with Gasteiger partial charge in [0.25, 0.3) is 0 Å². The summed E-state index contributed by atoms with van der Waals surface area (Å²) in [6.45, 7) is 4.23. The van der Waals surface area contributed by atoms with Gasteiger partial charge in [-0.3, -0.25) is 4.79 Å². The lowest BCUT2D eigenvalue weighted by atomic mass is 9.87.